The normalized spacial score (nSPS) is 13.8. The largest absolute Gasteiger partial charge is 0.332 e. The lowest BCUT2D eigenvalue weighted by Gasteiger charge is -2.16. The molecule has 208 valence electrons. The highest BCUT2D eigenvalue weighted by Crippen LogP contribution is 2.27. The van der Waals surface area contributed by atoms with Gasteiger partial charge in [0.05, 0.1) is 11.4 Å². The number of nitrogens with one attached hydrogen (secondary N) is 4. The molecule has 4 N–H and O–H groups in total. The summed E-state index contributed by atoms with van der Waals surface area (Å²) in [5.41, 5.74) is 2.28. The van der Waals surface area contributed by atoms with Crippen LogP contribution in [0.3, 0.4) is 0 Å². The minimum absolute atomic E-state index is 0.0519. The molecule has 1 aliphatic rings. The molecule has 1 aliphatic heterocycles. The van der Waals surface area contributed by atoms with Crippen molar-refractivity contribution in [3.8, 4) is 5.69 Å². The second-order valence-electron chi connectivity index (χ2n) is 10.3. The van der Waals surface area contributed by atoms with Crippen LogP contribution in [0, 0.1) is 0 Å². The van der Waals surface area contributed by atoms with Crippen molar-refractivity contribution in [3.05, 3.63) is 70.9 Å². The number of urea groups is 2. The van der Waals surface area contributed by atoms with Crippen LogP contribution < -0.4 is 20.1 Å². The topological polar surface area (TPSA) is 137 Å². The van der Waals surface area contributed by atoms with Crippen molar-refractivity contribution in [3.63, 3.8) is 0 Å². The Morgan fingerprint density at radius 1 is 1.00 bits per heavy atom. The molecule has 1 saturated heterocycles. The lowest BCUT2D eigenvalue weighted by atomic mass is 9.92. The number of carbonyl (C=O) groups excluding carboxylic acids is 2. The van der Waals surface area contributed by atoms with Crippen LogP contribution in [-0.2, 0) is 22.2 Å². The maximum atomic E-state index is 12.8. The molecule has 2 aromatic carbocycles. The van der Waals surface area contributed by atoms with Gasteiger partial charge in [0.15, 0.2) is 0 Å². The number of aromatic nitrogens is 2. The zero-order valence-electron chi connectivity index (χ0n) is 22.0. The lowest BCUT2D eigenvalue weighted by molar-refractivity contribution is 0.214. The quantitative estimate of drug-likeness (QED) is 0.327. The minimum atomic E-state index is -4.05. The molecule has 0 bridgehead atoms. The molecule has 4 amide bonds. The highest BCUT2D eigenvalue weighted by molar-refractivity contribution is 7.88. The summed E-state index contributed by atoms with van der Waals surface area (Å²) in [5, 5.41) is 10.9. The smallest absolute Gasteiger partial charge is 0.324 e. The number of anilines is 2. The summed E-state index contributed by atoms with van der Waals surface area (Å²) >= 11 is 5.92. The van der Waals surface area contributed by atoms with Crippen molar-refractivity contribution in [2.75, 3.05) is 23.7 Å². The highest BCUT2D eigenvalue weighted by Gasteiger charge is 2.23. The number of hydrogen-bond donors (Lipinski definition) is 4. The minimum Gasteiger partial charge on any atom is -0.324 e. The predicted octanol–water partition coefficient (Wildman–Crippen LogP) is 4.61. The van der Waals surface area contributed by atoms with Crippen molar-refractivity contribution in [2.24, 2.45) is 0 Å². The van der Waals surface area contributed by atoms with E-state index in [9.17, 15) is 18.0 Å². The molecule has 2 heterocycles. The summed E-state index contributed by atoms with van der Waals surface area (Å²) in [5.74, 6) is 0.432. The fourth-order valence-electron chi connectivity index (χ4n) is 3.96. The van der Waals surface area contributed by atoms with Crippen molar-refractivity contribution in [2.45, 2.75) is 45.6 Å². The predicted molar refractivity (Wildman–Crippen MR) is 151 cm³/mol. The number of rotatable bonds is 7. The van der Waals surface area contributed by atoms with Gasteiger partial charge in [-0.2, -0.15) is 18.2 Å². The van der Waals surface area contributed by atoms with E-state index in [-0.39, 0.29) is 12.0 Å². The Kier molecular flexibility index (Phi) is 8.48. The molecule has 4 rings (SSSR count). The summed E-state index contributed by atoms with van der Waals surface area (Å²) in [6.07, 6.45) is 1.72. The standard InChI is InChI=1S/C26H32ClN7O4S/c1-26(2,3)22-16-23(30-24(35)29-20-11-9-19(27)10-12-20)34(31-22)21-8-6-7-18(15-21)17-28-39(37,38)32-25(36)33-13-4-5-14-33/h6-12,15-16,28H,4-5,13-14,17H2,1-3H3,(H,32,36)(H2,29,30,35). The SMILES string of the molecule is CC(C)(C)c1cc(NC(=O)Nc2ccc(Cl)cc2)n(-c2cccc(CNS(=O)(=O)NC(=O)N3CCCC3)c2)n1. The maximum absolute atomic E-state index is 12.8. The molecule has 13 heteroatoms. The molecular weight excluding hydrogens is 542 g/mol. The first-order chi connectivity index (χ1) is 18.4. The van der Waals surface area contributed by atoms with Crippen LogP contribution in [0.2, 0.25) is 5.02 Å². The number of amides is 4. The van der Waals surface area contributed by atoms with Crippen LogP contribution in [0.4, 0.5) is 21.1 Å². The Morgan fingerprint density at radius 3 is 2.36 bits per heavy atom. The first-order valence-corrected chi connectivity index (χ1v) is 14.4. The van der Waals surface area contributed by atoms with Gasteiger partial charge in [0, 0.05) is 41.8 Å². The zero-order chi connectivity index (χ0) is 28.2. The zero-order valence-corrected chi connectivity index (χ0v) is 23.6. The first kappa shape index (κ1) is 28.4. The fraction of sp³-hybridized carbons (Fsp3) is 0.346. The van der Waals surface area contributed by atoms with Crippen LogP contribution in [0.5, 0.6) is 0 Å². The summed E-state index contributed by atoms with van der Waals surface area (Å²) < 4.78 is 30.9. The third-order valence-electron chi connectivity index (χ3n) is 6.06. The van der Waals surface area contributed by atoms with Gasteiger partial charge < -0.3 is 10.2 Å². The summed E-state index contributed by atoms with van der Waals surface area (Å²) in [7, 11) is -4.05. The molecule has 0 unspecified atom stereocenters. The average Bonchev–Trinajstić information content (AvgIpc) is 3.55. The summed E-state index contributed by atoms with van der Waals surface area (Å²) in [6.45, 7) is 7.07. The van der Waals surface area contributed by atoms with Crippen LogP contribution in [-0.4, -0.2) is 48.2 Å². The number of benzene rings is 2. The van der Waals surface area contributed by atoms with Gasteiger partial charge in [-0.3, -0.25) is 5.32 Å². The number of nitrogens with zero attached hydrogens (tertiary/aromatic N) is 3. The van der Waals surface area contributed by atoms with Crippen LogP contribution >= 0.6 is 11.6 Å². The second kappa shape index (κ2) is 11.6. The van der Waals surface area contributed by atoms with E-state index in [4.69, 9.17) is 16.7 Å². The average molecular weight is 574 g/mol. The van der Waals surface area contributed by atoms with Gasteiger partial charge >= 0.3 is 22.3 Å². The Labute approximate surface area is 233 Å². The Bertz CT molecular complexity index is 1440. The van der Waals surface area contributed by atoms with Crippen LogP contribution in [0.25, 0.3) is 5.69 Å². The summed E-state index contributed by atoms with van der Waals surface area (Å²) in [4.78, 5) is 26.4. The van der Waals surface area contributed by atoms with Crippen molar-refractivity contribution < 1.29 is 18.0 Å². The van der Waals surface area contributed by atoms with Gasteiger partial charge in [-0.05, 0) is 54.8 Å². The van der Waals surface area contributed by atoms with Gasteiger partial charge in [-0.25, -0.2) is 19.0 Å². The van der Waals surface area contributed by atoms with E-state index in [1.807, 2.05) is 20.8 Å². The molecule has 0 aliphatic carbocycles. The van der Waals surface area contributed by atoms with E-state index in [0.29, 0.717) is 40.9 Å². The fourth-order valence-corrected chi connectivity index (χ4v) is 4.87. The van der Waals surface area contributed by atoms with Crippen LogP contribution in [0.1, 0.15) is 44.9 Å². The van der Waals surface area contributed by atoms with E-state index in [2.05, 4.69) is 20.1 Å². The van der Waals surface area contributed by atoms with E-state index in [0.717, 1.165) is 18.5 Å². The first-order valence-electron chi connectivity index (χ1n) is 12.5. The second-order valence-corrected chi connectivity index (χ2v) is 12.2. The van der Waals surface area contributed by atoms with Gasteiger partial charge in [0.2, 0.25) is 0 Å². The van der Waals surface area contributed by atoms with Gasteiger partial charge in [-0.15, -0.1) is 0 Å². The molecule has 0 saturated carbocycles. The van der Waals surface area contributed by atoms with E-state index in [1.54, 1.807) is 59.3 Å². The van der Waals surface area contributed by atoms with E-state index < -0.39 is 22.3 Å². The molecule has 0 spiro atoms. The Morgan fingerprint density at radius 2 is 1.69 bits per heavy atom. The van der Waals surface area contributed by atoms with E-state index in [1.165, 1.54) is 4.90 Å². The van der Waals surface area contributed by atoms with Gasteiger partial charge in [0.1, 0.15) is 5.82 Å². The molecule has 39 heavy (non-hydrogen) atoms. The van der Waals surface area contributed by atoms with Crippen molar-refractivity contribution >= 4 is 45.4 Å². The molecule has 3 aromatic rings. The van der Waals surface area contributed by atoms with Gasteiger partial charge in [-0.1, -0.05) is 44.5 Å². The number of likely N-dealkylation sites (tertiary alicyclic amines) is 1. The molecule has 11 nitrogen and oxygen atoms in total. The number of halogens is 1. The number of hydrogen-bond acceptors (Lipinski definition) is 5. The van der Waals surface area contributed by atoms with Crippen molar-refractivity contribution in [1.82, 2.24) is 24.1 Å². The van der Waals surface area contributed by atoms with Gasteiger partial charge in [0.25, 0.3) is 0 Å². The third-order valence-corrected chi connectivity index (χ3v) is 7.28. The molecular formula is C26H32ClN7O4S. The Balaban J connectivity index is 1.50. The van der Waals surface area contributed by atoms with E-state index >= 15 is 0 Å². The Hall–Kier alpha value is -3.61. The van der Waals surface area contributed by atoms with Crippen LogP contribution in [0.15, 0.2) is 54.6 Å². The molecule has 0 atom stereocenters. The third kappa shape index (κ3) is 7.71. The monoisotopic (exact) mass is 573 g/mol. The maximum Gasteiger partial charge on any atom is 0.332 e. The molecule has 1 aromatic heterocycles. The highest BCUT2D eigenvalue weighted by atomic mass is 35.5. The molecule has 0 radical (unpaired) electrons. The molecule has 1 fully saturated rings. The lowest BCUT2D eigenvalue weighted by Crippen LogP contribution is -2.46. The summed E-state index contributed by atoms with van der Waals surface area (Å²) in [6, 6.07) is 14.5. The van der Waals surface area contributed by atoms with Crippen molar-refractivity contribution in [1.29, 1.82) is 0 Å². The number of carbonyl (C=O) groups is 2.